The van der Waals surface area contributed by atoms with Gasteiger partial charge in [0.1, 0.15) is 0 Å². The third-order valence-electron chi connectivity index (χ3n) is 2.87. The maximum absolute atomic E-state index is 11.8. The number of benzene rings is 2. The van der Waals surface area contributed by atoms with Crippen molar-refractivity contribution in [3.05, 3.63) is 59.7 Å². The van der Waals surface area contributed by atoms with Gasteiger partial charge in [-0.15, -0.1) is 0 Å². The van der Waals surface area contributed by atoms with Gasteiger partial charge in [0.25, 0.3) is 5.91 Å². The second-order valence-corrected chi connectivity index (χ2v) is 4.63. The first kappa shape index (κ1) is 16.0. The predicted octanol–water partition coefficient (Wildman–Crippen LogP) is 1.76. The predicted molar refractivity (Wildman–Crippen MR) is 83.2 cm³/mol. The van der Waals surface area contributed by atoms with Gasteiger partial charge in [-0.05, 0) is 42.5 Å². The van der Waals surface area contributed by atoms with E-state index in [9.17, 15) is 14.4 Å². The van der Waals surface area contributed by atoms with E-state index in [-0.39, 0.29) is 11.1 Å². The van der Waals surface area contributed by atoms with Crippen LogP contribution < -0.4 is 11.1 Å². The fourth-order valence-corrected chi connectivity index (χ4v) is 1.77. The summed E-state index contributed by atoms with van der Waals surface area (Å²) in [6, 6.07) is 11.8. The van der Waals surface area contributed by atoms with Crippen LogP contribution in [0.25, 0.3) is 0 Å². The lowest BCUT2D eigenvalue weighted by Crippen LogP contribution is -2.21. The largest absolute Gasteiger partial charge is 0.478 e. The van der Waals surface area contributed by atoms with Crippen molar-refractivity contribution in [2.75, 3.05) is 17.7 Å². The second kappa shape index (κ2) is 7.08. The van der Waals surface area contributed by atoms with Crippen molar-refractivity contribution < 1.29 is 24.2 Å². The number of hydrogen-bond donors (Lipinski definition) is 3. The van der Waals surface area contributed by atoms with Crippen LogP contribution in [0.15, 0.2) is 48.5 Å². The summed E-state index contributed by atoms with van der Waals surface area (Å²) >= 11 is 0. The first-order valence-electron chi connectivity index (χ1n) is 6.61. The van der Waals surface area contributed by atoms with Crippen LogP contribution in [0, 0.1) is 0 Å². The van der Waals surface area contributed by atoms with Crippen LogP contribution in [0.3, 0.4) is 0 Å². The highest BCUT2D eigenvalue weighted by Crippen LogP contribution is 2.10. The van der Waals surface area contributed by atoms with Crippen molar-refractivity contribution >= 4 is 29.2 Å². The highest BCUT2D eigenvalue weighted by atomic mass is 16.5. The Labute approximate surface area is 131 Å². The summed E-state index contributed by atoms with van der Waals surface area (Å²) in [7, 11) is 0. The number of carboxylic acids is 1. The number of esters is 1. The molecule has 0 fully saturated rings. The number of nitrogens with two attached hydrogens (primary N) is 1. The van der Waals surface area contributed by atoms with Crippen LogP contribution in [-0.4, -0.2) is 29.6 Å². The maximum Gasteiger partial charge on any atom is 0.338 e. The Morgan fingerprint density at radius 3 is 2.35 bits per heavy atom. The quantitative estimate of drug-likeness (QED) is 0.571. The topological polar surface area (TPSA) is 119 Å². The number of rotatable bonds is 5. The molecular weight excluding hydrogens is 300 g/mol. The number of carbonyl (C=O) groups is 3. The summed E-state index contributed by atoms with van der Waals surface area (Å²) in [6.07, 6.45) is 0. The molecule has 0 heterocycles. The van der Waals surface area contributed by atoms with Gasteiger partial charge in [0.05, 0.1) is 11.1 Å². The molecule has 0 aromatic heterocycles. The third kappa shape index (κ3) is 4.57. The second-order valence-electron chi connectivity index (χ2n) is 4.63. The Bertz CT molecular complexity index is 740. The Morgan fingerprint density at radius 1 is 1.04 bits per heavy atom. The first-order chi connectivity index (χ1) is 11.0. The van der Waals surface area contributed by atoms with Gasteiger partial charge in [-0.25, -0.2) is 9.59 Å². The van der Waals surface area contributed by atoms with Gasteiger partial charge in [0.15, 0.2) is 6.61 Å². The summed E-state index contributed by atoms with van der Waals surface area (Å²) in [5, 5.41) is 11.3. The summed E-state index contributed by atoms with van der Waals surface area (Å²) in [5.74, 6) is -2.25. The lowest BCUT2D eigenvalue weighted by molar-refractivity contribution is -0.119. The van der Waals surface area contributed by atoms with Gasteiger partial charge < -0.3 is 20.9 Å². The van der Waals surface area contributed by atoms with Crippen LogP contribution in [0.5, 0.6) is 0 Å². The normalized spacial score (nSPS) is 9.91. The van der Waals surface area contributed by atoms with E-state index in [0.29, 0.717) is 11.4 Å². The molecule has 0 spiro atoms. The van der Waals surface area contributed by atoms with Gasteiger partial charge >= 0.3 is 11.9 Å². The van der Waals surface area contributed by atoms with Crippen LogP contribution in [0.2, 0.25) is 0 Å². The molecule has 0 atom stereocenters. The summed E-state index contributed by atoms with van der Waals surface area (Å²) < 4.78 is 4.88. The van der Waals surface area contributed by atoms with E-state index >= 15 is 0 Å². The maximum atomic E-state index is 11.8. The van der Waals surface area contributed by atoms with E-state index < -0.39 is 24.5 Å². The molecule has 118 valence electrons. The highest BCUT2D eigenvalue weighted by Gasteiger charge is 2.11. The number of ether oxygens (including phenoxy) is 1. The molecule has 1 amide bonds. The minimum absolute atomic E-state index is 0.107. The fourth-order valence-electron chi connectivity index (χ4n) is 1.77. The van der Waals surface area contributed by atoms with Crippen LogP contribution in [0.1, 0.15) is 20.7 Å². The van der Waals surface area contributed by atoms with E-state index in [1.54, 1.807) is 12.1 Å². The number of aromatic carboxylic acids is 1. The number of carboxylic acid groups (broad SMARTS) is 1. The molecule has 7 nitrogen and oxygen atoms in total. The number of hydrogen-bond acceptors (Lipinski definition) is 5. The molecule has 0 saturated carbocycles. The third-order valence-corrected chi connectivity index (χ3v) is 2.87. The number of amides is 1. The fraction of sp³-hybridized carbons (Fsp3) is 0.0625. The molecule has 0 bridgehead atoms. The SMILES string of the molecule is Nc1cccc(C(=O)OCC(=O)Nc2ccc(C(=O)O)cc2)c1. The molecule has 0 unspecified atom stereocenters. The minimum Gasteiger partial charge on any atom is -0.478 e. The van der Waals surface area contributed by atoms with Crippen molar-refractivity contribution in [2.24, 2.45) is 0 Å². The Kier molecular flexibility index (Phi) is 4.93. The zero-order valence-electron chi connectivity index (χ0n) is 12.0. The molecule has 0 aliphatic rings. The zero-order valence-corrected chi connectivity index (χ0v) is 12.0. The molecule has 0 saturated heterocycles. The molecule has 4 N–H and O–H groups in total. The van der Waals surface area contributed by atoms with Gasteiger partial charge in [-0.2, -0.15) is 0 Å². The van der Waals surface area contributed by atoms with E-state index in [1.807, 2.05) is 0 Å². The Balaban J connectivity index is 1.87. The van der Waals surface area contributed by atoms with Crippen molar-refractivity contribution in [2.45, 2.75) is 0 Å². The minimum atomic E-state index is -1.06. The summed E-state index contributed by atoms with van der Waals surface area (Å²) in [4.78, 5) is 34.2. The molecule has 7 heteroatoms. The molecule has 23 heavy (non-hydrogen) atoms. The average Bonchev–Trinajstić information content (AvgIpc) is 2.53. The average molecular weight is 314 g/mol. The van der Waals surface area contributed by atoms with Crippen molar-refractivity contribution in [3.63, 3.8) is 0 Å². The van der Waals surface area contributed by atoms with Crippen LogP contribution in [0.4, 0.5) is 11.4 Å². The standard InChI is InChI=1S/C16H14N2O5/c17-12-3-1-2-11(8-12)16(22)23-9-14(19)18-13-6-4-10(5-7-13)15(20)21/h1-8H,9,17H2,(H,18,19)(H,20,21). The monoisotopic (exact) mass is 314 g/mol. The van der Waals surface area contributed by atoms with Gasteiger partial charge in [0.2, 0.25) is 0 Å². The molecule has 2 aromatic carbocycles. The number of anilines is 2. The van der Waals surface area contributed by atoms with Gasteiger partial charge in [-0.3, -0.25) is 4.79 Å². The first-order valence-corrected chi connectivity index (χ1v) is 6.61. The van der Waals surface area contributed by atoms with E-state index in [0.717, 1.165) is 0 Å². The van der Waals surface area contributed by atoms with Gasteiger partial charge in [0, 0.05) is 11.4 Å². The van der Waals surface area contributed by atoms with E-state index in [4.69, 9.17) is 15.6 Å². The zero-order chi connectivity index (χ0) is 16.8. The van der Waals surface area contributed by atoms with E-state index in [1.165, 1.54) is 36.4 Å². The molecular formula is C16H14N2O5. The lowest BCUT2D eigenvalue weighted by atomic mass is 10.2. The summed E-state index contributed by atoms with van der Waals surface area (Å²) in [6.45, 7) is -0.464. The Morgan fingerprint density at radius 2 is 1.74 bits per heavy atom. The van der Waals surface area contributed by atoms with Crippen molar-refractivity contribution in [1.29, 1.82) is 0 Å². The number of nitrogen functional groups attached to an aromatic ring is 1. The van der Waals surface area contributed by atoms with E-state index in [2.05, 4.69) is 5.32 Å². The smallest absolute Gasteiger partial charge is 0.338 e. The summed E-state index contributed by atoms with van der Waals surface area (Å²) in [5.41, 5.74) is 6.74. The van der Waals surface area contributed by atoms with Crippen LogP contribution >= 0.6 is 0 Å². The molecule has 0 aliphatic heterocycles. The Hall–Kier alpha value is -3.35. The van der Waals surface area contributed by atoms with Crippen molar-refractivity contribution in [3.8, 4) is 0 Å². The van der Waals surface area contributed by atoms with Crippen molar-refractivity contribution in [1.82, 2.24) is 0 Å². The van der Waals surface area contributed by atoms with Crippen LogP contribution in [-0.2, 0) is 9.53 Å². The number of nitrogens with one attached hydrogen (secondary N) is 1. The molecule has 2 rings (SSSR count). The molecule has 0 radical (unpaired) electrons. The molecule has 0 aliphatic carbocycles. The lowest BCUT2D eigenvalue weighted by Gasteiger charge is -2.07. The van der Waals surface area contributed by atoms with Gasteiger partial charge in [-0.1, -0.05) is 6.07 Å². The highest BCUT2D eigenvalue weighted by molar-refractivity contribution is 5.96. The number of carbonyl (C=O) groups excluding carboxylic acids is 2. The molecule has 2 aromatic rings.